The molecular formula is C13H25N3O. The fourth-order valence-electron chi connectivity index (χ4n) is 3.28. The first kappa shape index (κ1) is 12.8. The van der Waals surface area contributed by atoms with Crippen molar-refractivity contribution in [2.24, 2.45) is 0 Å². The number of rotatable bonds is 4. The van der Waals surface area contributed by atoms with Crippen molar-refractivity contribution in [3.63, 3.8) is 0 Å². The Morgan fingerprint density at radius 2 is 1.94 bits per heavy atom. The molecule has 2 heterocycles. The van der Waals surface area contributed by atoms with Crippen LogP contribution in [0.3, 0.4) is 0 Å². The molecule has 2 aliphatic rings. The van der Waals surface area contributed by atoms with Gasteiger partial charge in [-0.3, -0.25) is 4.79 Å². The van der Waals surface area contributed by atoms with Crippen LogP contribution in [0.2, 0.25) is 0 Å². The maximum Gasteiger partial charge on any atom is 0.233 e. The minimum atomic E-state index is 0.122. The van der Waals surface area contributed by atoms with Crippen molar-refractivity contribution in [1.82, 2.24) is 15.5 Å². The summed E-state index contributed by atoms with van der Waals surface area (Å²) in [4.78, 5) is 14.0. The number of piperidine rings is 2. The first-order chi connectivity index (χ1) is 8.20. The molecule has 0 spiro atoms. The second-order valence-electron chi connectivity index (χ2n) is 5.41. The number of nitrogens with one attached hydrogen (secondary N) is 2. The third kappa shape index (κ3) is 3.19. The van der Waals surface area contributed by atoms with Crippen molar-refractivity contribution >= 4 is 5.91 Å². The first-order valence-corrected chi connectivity index (χ1v) is 6.92. The molecule has 0 aromatic rings. The molecule has 2 N–H and O–H groups in total. The van der Waals surface area contributed by atoms with Gasteiger partial charge in [0.05, 0.1) is 6.54 Å². The van der Waals surface area contributed by atoms with Crippen LogP contribution >= 0.6 is 0 Å². The number of likely N-dealkylation sites (N-methyl/N-ethyl adjacent to an activating group) is 1. The molecule has 2 bridgehead atoms. The van der Waals surface area contributed by atoms with Gasteiger partial charge >= 0.3 is 0 Å². The molecule has 2 aliphatic heterocycles. The van der Waals surface area contributed by atoms with Gasteiger partial charge in [-0.1, -0.05) is 6.42 Å². The predicted octanol–water partition coefficient (Wildman–Crippen LogP) is 0.727. The van der Waals surface area contributed by atoms with Crippen molar-refractivity contribution in [2.45, 2.75) is 57.2 Å². The van der Waals surface area contributed by atoms with Gasteiger partial charge in [0.1, 0.15) is 0 Å². The molecule has 4 heteroatoms. The first-order valence-electron chi connectivity index (χ1n) is 6.92. The van der Waals surface area contributed by atoms with E-state index in [0.717, 1.165) is 18.6 Å². The highest BCUT2D eigenvalue weighted by Crippen LogP contribution is 2.32. The van der Waals surface area contributed by atoms with Crippen molar-refractivity contribution < 1.29 is 4.79 Å². The highest BCUT2D eigenvalue weighted by molar-refractivity contribution is 5.77. The second-order valence-corrected chi connectivity index (χ2v) is 5.41. The molecule has 0 radical (unpaired) electrons. The summed E-state index contributed by atoms with van der Waals surface area (Å²) < 4.78 is 0. The molecule has 0 aromatic carbocycles. The maximum atomic E-state index is 11.4. The average Bonchev–Trinajstić information content (AvgIpc) is 2.27. The largest absolute Gasteiger partial charge is 0.355 e. The van der Waals surface area contributed by atoms with Gasteiger partial charge in [-0.25, -0.2) is 0 Å². The lowest BCUT2D eigenvalue weighted by molar-refractivity contribution is -0.120. The van der Waals surface area contributed by atoms with Crippen LogP contribution in [0.15, 0.2) is 0 Å². The number of nitrogens with zero attached hydrogens (tertiary/aromatic N) is 1. The fraction of sp³-hybridized carbons (Fsp3) is 0.923. The summed E-state index contributed by atoms with van der Waals surface area (Å²) in [6.07, 6.45) is 6.43. The Labute approximate surface area is 104 Å². The van der Waals surface area contributed by atoms with Crippen LogP contribution in [-0.4, -0.2) is 49.1 Å². The summed E-state index contributed by atoms with van der Waals surface area (Å²) in [5, 5.41) is 6.25. The van der Waals surface area contributed by atoms with Crippen molar-refractivity contribution in [1.29, 1.82) is 0 Å². The highest BCUT2D eigenvalue weighted by Gasteiger charge is 2.35. The van der Waals surface area contributed by atoms with Gasteiger partial charge in [-0.2, -0.15) is 0 Å². The summed E-state index contributed by atoms with van der Waals surface area (Å²) in [7, 11) is 2.26. The average molecular weight is 239 g/mol. The third-order valence-electron chi connectivity index (χ3n) is 4.27. The van der Waals surface area contributed by atoms with Crippen molar-refractivity contribution in [3.8, 4) is 0 Å². The number of amides is 1. The second kappa shape index (κ2) is 5.83. The van der Waals surface area contributed by atoms with E-state index in [1.807, 2.05) is 6.92 Å². The smallest absolute Gasteiger partial charge is 0.233 e. The zero-order chi connectivity index (χ0) is 12.3. The Morgan fingerprint density at radius 1 is 1.29 bits per heavy atom. The lowest BCUT2D eigenvalue weighted by Gasteiger charge is -2.47. The SMILES string of the molecule is CCNC(=O)CNC1CC2CCCC(C1)N2C. The van der Waals surface area contributed by atoms with E-state index in [0.29, 0.717) is 12.6 Å². The van der Waals surface area contributed by atoms with Crippen LogP contribution in [0.25, 0.3) is 0 Å². The van der Waals surface area contributed by atoms with Crippen LogP contribution in [0.4, 0.5) is 0 Å². The standard InChI is InChI=1S/C13H25N3O/c1-3-14-13(17)9-15-10-7-11-5-4-6-12(8-10)16(11)2/h10-12,15H,3-9H2,1-2H3,(H,14,17). The molecule has 2 atom stereocenters. The fourth-order valence-corrected chi connectivity index (χ4v) is 3.28. The van der Waals surface area contributed by atoms with E-state index >= 15 is 0 Å². The molecule has 4 nitrogen and oxygen atoms in total. The topological polar surface area (TPSA) is 44.4 Å². The van der Waals surface area contributed by atoms with Crippen LogP contribution in [0.1, 0.15) is 39.0 Å². The highest BCUT2D eigenvalue weighted by atomic mass is 16.1. The lowest BCUT2D eigenvalue weighted by atomic mass is 9.82. The predicted molar refractivity (Wildman–Crippen MR) is 68.9 cm³/mol. The number of carbonyl (C=O) groups is 1. The molecule has 0 aromatic heterocycles. The molecular weight excluding hydrogens is 214 g/mol. The number of hydrogen-bond acceptors (Lipinski definition) is 3. The maximum absolute atomic E-state index is 11.4. The van der Waals surface area contributed by atoms with Gasteiger partial charge in [-0.15, -0.1) is 0 Å². The molecule has 17 heavy (non-hydrogen) atoms. The van der Waals surface area contributed by atoms with Crippen molar-refractivity contribution in [2.75, 3.05) is 20.1 Å². The van der Waals surface area contributed by atoms with Gasteiger partial charge in [0.2, 0.25) is 5.91 Å². The molecule has 0 aliphatic carbocycles. The van der Waals surface area contributed by atoms with E-state index in [-0.39, 0.29) is 5.91 Å². The van der Waals surface area contributed by atoms with Crippen LogP contribution < -0.4 is 10.6 Å². The Kier molecular flexibility index (Phi) is 4.40. The Balaban J connectivity index is 1.78. The summed E-state index contributed by atoms with van der Waals surface area (Å²) >= 11 is 0. The van der Waals surface area contributed by atoms with Crippen LogP contribution in [0.5, 0.6) is 0 Å². The minimum absolute atomic E-state index is 0.122. The number of fused-ring (bicyclic) bond motifs is 2. The monoisotopic (exact) mass is 239 g/mol. The molecule has 98 valence electrons. The van der Waals surface area contributed by atoms with Crippen LogP contribution in [-0.2, 0) is 4.79 Å². The molecule has 2 unspecified atom stereocenters. The van der Waals surface area contributed by atoms with E-state index in [1.54, 1.807) is 0 Å². The molecule has 2 rings (SSSR count). The lowest BCUT2D eigenvalue weighted by Crippen LogP contribution is -2.55. The number of hydrogen-bond donors (Lipinski definition) is 2. The van der Waals surface area contributed by atoms with Gasteiger partial charge in [0, 0.05) is 24.7 Å². The quantitative estimate of drug-likeness (QED) is 0.760. The van der Waals surface area contributed by atoms with E-state index in [2.05, 4.69) is 22.6 Å². The van der Waals surface area contributed by atoms with E-state index in [4.69, 9.17) is 0 Å². The van der Waals surface area contributed by atoms with Gasteiger partial charge in [0.25, 0.3) is 0 Å². The normalized spacial score (nSPS) is 33.4. The Morgan fingerprint density at radius 3 is 2.53 bits per heavy atom. The zero-order valence-corrected chi connectivity index (χ0v) is 11.0. The zero-order valence-electron chi connectivity index (χ0n) is 11.0. The summed E-state index contributed by atoms with van der Waals surface area (Å²) in [5.41, 5.74) is 0. The van der Waals surface area contributed by atoms with E-state index in [9.17, 15) is 4.79 Å². The molecule has 2 saturated heterocycles. The van der Waals surface area contributed by atoms with Crippen molar-refractivity contribution in [3.05, 3.63) is 0 Å². The summed E-state index contributed by atoms with van der Waals surface area (Å²) in [6.45, 7) is 3.15. The molecule has 1 amide bonds. The Hall–Kier alpha value is -0.610. The summed E-state index contributed by atoms with van der Waals surface area (Å²) in [5.74, 6) is 0.122. The molecule has 2 fully saturated rings. The van der Waals surface area contributed by atoms with Crippen LogP contribution in [0, 0.1) is 0 Å². The van der Waals surface area contributed by atoms with Gasteiger partial charge in [0.15, 0.2) is 0 Å². The number of carbonyl (C=O) groups excluding carboxylic acids is 1. The van der Waals surface area contributed by atoms with E-state index in [1.165, 1.54) is 32.1 Å². The minimum Gasteiger partial charge on any atom is -0.355 e. The van der Waals surface area contributed by atoms with Gasteiger partial charge in [-0.05, 0) is 39.7 Å². The Bertz CT molecular complexity index is 255. The molecule has 0 saturated carbocycles. The van der Waals surface area contributed by atoms with Gasteiger partial charge < -0.3 is 15.5 Å². The van der Waals surface area contributed by atoms with E-state index < -0.39 is 0 Å². The summed E-state index contributed by atoms with van der Waals surface area (Å²) in [6, 6.07) is 1.99. The third-order valence-corrected chi connectivity index (χ3v) is 4.27.